The van der Waals surface area contributed by atoms with E-state index in [4.69, 9.17) is 28.7 Å². The molecule has 2 aromatic rings. The topological polar surface area (TPSA) is 58.5 Å². The first-order chi connectivity index (χ1) is 16.1. The molecular formula is C27H35NO5. The number of hydrogen-bond donors (Lipinski definition) is 0. The van der Waals surface area contributed by atoms with Crippen molar-refractivity contribution in [1.82, 2.24) is 0 Å². The van der Waals surface area contributed by atoms with Crippen LogP contribution in [0, 0.1) is 0 Å². The highest BCUT2D eigenvalue weighted by Crippen LogP contribution is 2.46. The molecule has 1 aliphatic carbocycles. The third-order valence-electron chi connectivity index (χ3n) is 6.42. The Kier molecular flexibility index (Phi) is 7.31. The smallest absolute Gasteiger partial charge is 0.203 e. The Hall–Kier alpha value is -2.89. The maximum Gasteiger partial charge on any atom is 0.203 e. The van der Waals surface area contributed by atoms with E-state index in [9.17, 15) is 0 Å². The van der Waals surface area contributed by atoms with Crippen LogP contribution in [-0.4, -0.2) is 45.8 Å². The minimum atomic E-state index is 0.261. The van der Waals surface area contributed by atoms with Gasteiger partial charge in [0.1, 0.15) is 0 Å². The van der Waals surface area contributed by atoms with Crippen molar-refractivity contribution >= 4 is 5.71 Å². The molecule has 4 rings (SSSR count). The van der Waals surface area contributed by atoms with Crippen molar-refractivity contribution in [2.75, 3.05) is 34.0 Å². The number of benzene rings is 2. The molecule has 6 nitrogen and oxygen atoms in total. The molecule has 0 spiro atoms. The number of fused-ring (bicyclic) bond motifs is 3. The molecule has 1 heterocycles. The van der Waals surface area contributed by atoms with E-state index < -0.39 is 0 Å². The quantitative estimate of drug-likeness (QED) is 0.482. The summed E-state index contributed by atoms with van der Waals surface area (Å²) in [5.41, 5.74) is 4.28. The van der Waals surface area contributed by atoms with Crippen molar-refractivity contribution in [3.05, 3.63) is 41.0 Å². The first-order valence-corrected chi connectivity index (χ1v) is 12.1. The van der Waals surface area contributed by atoms with Gasteiger partial charge in [0.05, 0.1) is 45.8 Å². The second-order valence-electron chi connectivity index (χ2n) is 8.33. The van der Waals surface area contributed by atoms with Gasteiger partial charge in [-0.1, -0.05) is 12.8 Å². The number of hydrogen-bond acceptors (Lipinski definition) is 6. The van der Waals surface area contributed by atoms with E-state index in [0.29, 0.717) is 48.7 Å². The molecule has 33 heavy (non-hydrogen) atoms. The van der Waals surface area contributed by atoms with Crippen molar-refractivity contribution in [1.29, 1.82) is 0 Å². The molecule has 2 unspecified atom stereocenters. The number of rotatable bonds is 9. The minimum Gasteiger partial charge on any atom is -0.493 e. The van der Waals surface area contributed by atoms with Gasteiger partial charge < -0.3 is 23.7 Å². The van der Waals surface area contributed by atoms with Gasteiger partial charge in [-0.25, -0.2) is 0 Å². The largest absolute Gasteiger partial charge is 0.493 e. The van der Waals surface area contributed by atoms with E-state index in [1.54, 1.807) is 14.2 Å². The predicted molar refractivity (Wildman–Crippen MR) is 130 cm³/mol. The fraction of sp³-hybridized carbons (Fsp3) is 0.519. The fourth-order valence-corrected chi connectivity index (χ4v) is 5.03. The van der Waals surface area contributed by atoms with Crippen molar-refractivity contribution < 1.29 is 23.7 Å². The monoisotopic (exact) mass is 453 g/mol. The molecule has 2 aliphatic rings. The van der Waals surface area contributed by atoms with Gasteiger partial charge in [0.2, 0.25) is 5.75 Å². The predicted octanol–water partition coefficient (Wildman–Crippen LogP) is 5.78. The molecule has 0 radical (unpaired) electrons. The van der Waals surface area contributed by atoms with Crippen LogP contribution in [0.3, 0.4) is 0 Å². The van der Waals surface area contributed by atoms with E-state index >= 15 is 0 Å². The summed E-state index contributed by atoms with van der Waals surface area (Å²) >= 11 is 0. The lowest BCUT2D eigenvalue weighted by atomic mass is 9.75. The van der Waals surface area contributed by atoms with E-state index in [0.717, 1.165) is 35.4 Å². The van der Waals surface area contributed by atoms with Crippen LogP contribution in [0.1, 0.15) is 69.1 Å². The first kappa shape index (κ1) is 23.3. The van der Waals surface area contributed by atoms with Crippen LogP contribution in [-0.2, 0) is 0 Å². The Labute approximate surface area is 196 Å². The van der Waals surface area contributed by atoms with Crippen LogP contribution >= 0.6 is 0 Å². The van der Waals surface area contributed by atoms with E-state index in [-0.39, 0.29) is 6.04 Å². The summed E-state index contributed by atoms with van der Waals surface area (Å²) in [4.78, 5) is 5.29. The van der Waals surface area contributed by atoms with E-state index in [1.165, 1.54) is 18.4 Å². The number of methoxy groups -OCH3 is 2. The molecule has 1 aliphatic heterocycles. The van der Waals surface area contributed by atoms with Crippen molar-refractivity contribution in [2.24, 2.45) is 4.99 Å². The van der Waals surface area contributed by atoms with Gasteiger partial charge in [-0.15, -0.1) is 0 Å². The second kappa shape index (κ2) is 10.4. The summed E-state index contributed by atoms with van der Waals surface area (Å²) in [7, 11) is 3.36. The number of ether oxygens (including phenoxy) is 5. The second-order valence-corrected chi connectivity index (χ2v) is 8.33. The Bertz CT molecular complexity index is 989. The van der Waals surface area contributed by atoms with Crippen LogP contribution in [0.15, 0.2) is 29.3 Å². The molecule has 0 N–H and O–H groups in total. The maximum atomic E-state index is 5.98. The lowest BCUT2D eigenvalue weighted by Crippen LogP contribution is -2.29. The van der Waals surface area contributed by atoms with E-state index in [1.807, 2.05) is 32.9 Å². The Morgan fingerprint density at radius 1 is 0.758 bits per heavy atom. The van der Waals surface area contributed by atoms with Gasteiger partial charge in [0, 0.05) is 17.0 Å². The summed E-state index contributed by atoms with van der Waals surface area (Å²) in [5.74, 6) is 3.87. The zero-order chi connectivity index (χ0) is 23.4. The van der Waals surface area contributed by atoms with Crippen LogP contribution in [0.4, 0.5) is 0 Å². The SMILES string of the molecule is CCOc1cc(C2=NC3CCCCC3c3cc(OC)c(OC)cc32)cc(OCC)c1OCC. The average molecular weight is 454 g/mol. The normalized spacial score (nSPS) is 19.1. The Balaban J connectivity index is 1.91. The summed E-state index contributed by atoms with van der Waals surface area (Å²) in [6.45, 7) is 7.51. The number of aliphatic imine (C=N–C) groups is 1. The highest BCUT2D eigenvalue weighted by atomic mass is 16.5. The van der Waals surface area contributed by atoms with Crippen molar-refractivity contribution in [3.8, 4) is 28.7 Å². The molecule has 1 saturated carbocycles. The third-order valence-corrected chi connectivity index (χ3v) is 6.42. The lowest BCUT2D eigenvalue weighted by Gasteiger charge is -2.36. The number of nitrogens with zero attached hydrogens (tertiary/aromatic N) is 1. The molecule has 0 saturated heterocycles. The highest BCUT2D eigenvalue weighted by Gasteiger charge is 2.35. The summed E-state index contributed by atoms with van der Waals surface area (Å²) in [6, 6.07) is 8.53. The zero-order valence-electron chi connectivity index (χ0n) is 20.4. The highest BCUT2D eigenvalue weighted by molar-refractivity contribution is 6.15. The summed E-state index contributed by atoms with van der Waals surface area (Å²) in [5, 5.41) is 0. The van der Waals surface area contributed by atoms with Gasteiger partial charge in [-0.05, 0) is 63.4 Å². The van der Waals surface area contributed by atoms with Crippen LogP contribution in [0.5, 0.6) is 28.7 Å². The maximum absolute atomic E-state index is 5.98. The minimum absolute atomic E-state index is 0.261. The molecule has 178 valence electrons. The Morgan fingerprint density at radius 2 is 1.36 bits per heavy atom. The zero-order valence-corrected chi connectivity index (χ0v) is 20.4. The average Bonchev–Trinajstić information content (AvgIpc) is 2.84. The van der Waals surface area contributed by atoms with E-state index in [2.05, 4.69) is 12.1 Å². The molecule has 1 fully saturated rings. The molecule has 0 amide bonds. The van der Waals surface area contributed by atoms with Gasteiger partial charge in [-0.2, -0.15) is 0 Å². The lowest BCUT2D eigenvalue weighted by molar-refractivity contribution is 0.260. The molecule has 6 heteroatoms. The molecule has 2 aromatic carbocycles. The Morgan fingerprint density at radius 3 is 1.97 bits per heavy atom. The first-order valence-electron chi connectivity index (χ1n) is 12.1. The molecule has 0 bridgehead atoms. The third kappa shape index (κ3) is 4.48. The molecule has 2 atom stereocenters. The molecule has 0 aromatic heterocycles. The van der Waals surface area contributed by atoms with Gasteiger partial charge in [-0.3, -0.25) is 4.99 Å². The summed E-state index contributed by atoms with van der Waals surface area (Å²) < 4.78 is 29.2. The van der Waals surface area contributed by atoms with Crippen LogP contribution < -0.4 is 23.7 Å². The standard InChI is InChI=1S/C27H35NO5/c1-6-31-24-13-17(14-25(32-7-2)27(24)33-8-3)26-20-16-23(30-5)22(29-4)15-19(20)18-11-9-10-12-21(18)28-26/h13-16,18,21H,6-12H2,1-5H3. The van der Waals surface area contributed by atoms with Crippen LogP contribution in [0.25, 0.3) is 0 Å². The van der Waals surface area contributed by atoms with Crippen molar-refractivity contribution in [3.63, 3.8) is 0 Å². The molecular weight excluding hydrogens is 418 g/mol. The van der Waals surface area contributed by atoms with Crippen molar-refractivity contribution in [2.45, 2.75) is 58.4 Å². The van der Waals surface area contributed by atoms with Gasteiger partial charge in [0.25, 0.3) is 0 Å². The van der Waals surface area contributed by atoms with Crippen LogP contribution in [0.2, 0.25) is 0 Å². The summed E-state index contributed by atoms with van der Waals surface area (Å²) in [6.07, 6.45) is 4.67. The fourth-order valence-electron chi connectivity index (χ4n) is 5.03. The van der Waals surface area contributed by atoms with Gasteiger partial charge in [0.15, 0.2) is 23.0 Å². The van der Waals surface area contributed by atoms with Gasteiger partial charge >= 0.3 is 0 Å².